The average Bonchev–Trinajstić information content (AvgIpc) is 1.60. The van der Waals surface area contributed by atoms with E-state index in [1.54, 1.807) is 0 Å². The number of carbonyl (C=O) groups is 1. The van der Waals surface area contributed by atoms with Crippen molar-refractivity contribution in [1.82, 2.24) is 0 Å². The Morgan fingerprint density at radius 2 is 2.00 bits per heavy atom. The van der Waals surface area contributed by atoms with Gasteiger partial charge in [-0.3, -0.25) is 9.35 Å². The molecule has 0 saturated carbocycles. The molecule has 6 nitrogen and oxygen atoms in total. The van der Waals surface area contributed by atoms with Crippen molar-refractivity contribution < 1.29 is 82.5 Å². The summed E-state index contributed by atoms with van der Waals surface area (Å²) in [5, 5.41) is 8.04. The molecular formula is C3H8NO5RbS. The van der Waals surface area contributed by atoms with Gasteiger partial charge in [0.25, 0.3) is 10.1 Å². The van der Waals surface area contributed by atoms with E-state index in [1.165, 1.54) is 0 Å². The van der Waals surface area contributed by atoms with Crippen LogP contribution in [0.2, 0.25) is 0 Å². The Morgan fingerprint density at radius 3 is 2.09 bits per heavy atom. The van der Waals surface area contributed by atoms with Gasteiger partial charge >= 0.3 is 64.2 Å². The molecule has 0 aliphatic heterocycles. The number of nitrogens with two attached hydrogens (primary N) is 1. The molecule has 0 heterocycles. The molecule has 0 spiro atoms. The summed E-state index contributed by atoms with van der Waals surface area (Å²) in [5.74, 6) is -2.42. The number of rotatable bonds is 3. The average molecular weight is 256 g/mol. The van der Waals surface area contributed by atoms with Crippen molar-refractivity contribution in [3.63, 3.8) is 0 Å². The summed E-state index contributed by atoms with van der Waals surface area (Å²) in [6, 6.07) is -1.56. The Morgan fingerprint density at radius 1 is 1.64 bits per heavy atom. The first kappa shape index (κ1) is 14.7. The van der Waals surface area contributed by atoms with Crippen LogP contribution in [0.25, 0.3) is 0 Å². The monoisotopic (exact) mass is 255 g/mol. The molecule has 0 unspecified atom stereocenters. The van der Waals surface area contributed by atoms with Crippen LogP contribution in [-0.4, -0.2) is 35.8 Å². The van der Waals surface area contributed by atoms with E-state index in [1.807, 2.05) is 0 Å². The molecule has 0 saturated heterocycles. The van der Waals surface area contributed by atoms with Gasteiger partial charge in [0.15, 0.2) is 0 Å². The Balaban J connectivity index is -0.000000405. The van der Waals surface area contributed by atoms with E-state index in [0.717, 1.165) is 0 Å². The molecule has 4 N–H and O–H groups in total. The van der Waals surface area contributed by atoms with Crippen molar-refractivity contribution in [3.8, 4) is 0 Å². The molecule has 0 aliphatic rings. The van der Waals surface area contributed by atoms with Crippen molar-refractivity contribution in [2.75, 3.05) is 5.75 Å². The summed E-state index contributed by atoms with van der Waals surface area (Å²) in [4.78, 5) is 9.88. The van der Waals surface area contributed by atoms with E-state index < -0.39 is 27.9 Å². The smallest absolute Gasteiger partial charge is 1.00 e. The minimum Gasteiger partial charge on any atom is -1.00 e. The van der Waals surface area contributed by atoms with Gasteiger partial charge in [-0.1, -0.05) is 0 Å². The van der Waals surface area contributed by atoms with Crippen LogP contribution in [0.4, 0.5) is 0 Å². The molecular weight excluding hydrogens is 248 g/mol. The van der Waals surface area contributed by atoms with Crippen LogP contribution in [0.1, 0.15) is 1.43 Å². The molecule has 1 atom stereocenters. The molecule has 0 fully saturated rings. The Labute approximate surface area is 114 Å². The summed E-state index contributed by atoms with van der Waals surface area (Å²) in [6.07, 6.45) is 0. The van der Waals surface area contributed by atoms with Crippen molar-refractivity contribution >= 4 is 16.1 Å². The van der Waals surface area contributed by atoms with Gasteiger partial charge in [0.05, 0.1) is 0 Å². The molecule has 0 aromatic heterocycles. The standard InChI is InChI=1S/C3H7NO5S.Rb.H/c4-2(3(5)6)1-10(7,8)9;;/h2H,1,4H2,(H,5,6)(H,7,8,9);;/q;+1;-1/t2-;;/m1../s1. The molecule has 62 valence electrons. The van der Waals surface area contributed by atoms with Gasteiger partial charge in [0, 0.05) is 0 Å². The first-order valence-electron chi connectivity index (χ1n) is 2.26. The quantitative estimate of drug-likeness (QED) is 0.437. The molecule has 11 heavy (non-hydrogen) atoms. The van der Waals surface area contributed by atoms with Crippen LogP contribution >= 0.6 is 0 Å². The number of carboxylic acids is 1. The maximum absolute atomic E-state index is 9.96. The van der Waals surface area contributed by atoms with E-state index in [4.69, 9.17) is 15.4 Å². The van der Waals surface area contributed by atoms with Gasteiger partial charge in [-0.05, 0) is 0 Å². The second-order valence-electron chi connectivity index (χ2n) is 1.69. The number of aliphatic carboxylic acids is 1. The number of hydrogen-bond donors (Lipinski definition) is 3. The predicted octanol–water partition coefficient (Wildman–Crippen LogP) is -4.60. The molecule has 0 aromatic rings. The molecule has 0 aliphatic carbocycles. The third-order valence-corrected chi connectivity index (χ3v) is 1.49. The fourth-order valence-electron chi connectivity index (χ4n) is 0.298. The predicted molar refractivity (Wildman–Crippen MR) is 33.1 cm³/mol. The van der Waals surface area contributed by atoms with Crippen LogP contribution in [-0.2, 0) is 14.9 Å². The van der Waals surface area contributed by atoms with Crippen LogP contribution < -0.4 is 63.9 Å². The number of hydrogen-bond acceptors (Lipinski definition) is 4. The zero-order valence-corrected chi connectivity index (χ0v) is 11.6. The molecule has 0 bridgehead atoms. The zero-order valence-electron chi connectivity index (χ0n) is 6.89. The summed E-state index contributed by atoms with van der Waals surface area (Å²) in [5.41, 5.74) is 4.76. The van der Waals surface area contributed by atoms with Gasteiger partial charge in [-0.2, -0.15) is 8.42 Å². The van der Waals surface area contributed by atoms with Gasteiger partial charge in [0.2, 0.25) is 0 Å². The van der Waals surface area contributed by atoms with Gasteiger partial charge in [0.1, 0.15) is 11.8 Å². The fourth-order valence-corrected chi connectivity index (χ4v) is 0.895. The van der Waals surface area contributed by atoms with Crippen LogP contribution in [0.3, 0.4) is 0 Å². The van der Waals surface area contributed by atoms with Gasteiger partial charge in [-0.15, -0.1) is 0 Å². The SMILES string of the molecule is N[C@H](CS(=O)(=O)O)C(=O)O.[H-].[Rb+]. The molecule has 0 aromatic carbocycles. The maximum atomic E-state index is 9.96. The Bertz CT molecular complexity index is 229. The third-order valence-electron chi connectivity index (χ3n) is 0.707. The maximum Gasteiger partial charge on any atom is 1.00 e. The van der Waals surface area contributed by atoms with Crippen LogP contribution in [0.15, 0.2) is 0 Å². The third kappa shape index (κ3) is 9.06. The summed E-state index contributed by atoms with van der Waals surface area (Å²) in [6.45, 7) is 0. The van der Waals surface area contributed by atoms with Crippen LogP contribution in [0.5, 0.6) is 0 Å². The van der Waals surface area contributed by atoms with E-state index in [2.05, 4.69) is 0 Å². The molecule has 0 amide bonds. The largest absolute Gasteiger partial charge is 1.00 e. The van der Waals surface area contributed by atoms with Crippen molar-refractivity contribution in [1.29, 1.82) is 0 Å². The second-order valence-corrected chi connectivity index (χ2v) is 3.19. The summed E-state index contributed by atoms with van der Waals surface area (Å²) in [7, 11) is -4.27. The minimum absolute atomic E-state index is 0. The van der Waals surface area contributed by atoms with E-state index in [-0.39, 0.29) is 59.6 Å². The summed E-state index contributed by atoms with van der Waals surface area (Å²) >= 11 is 0. The second kappa shape index (κ2) is 5.73. The normalized spacial score (nSPS) is 13.3. The zero-order chi connectivity index (χ0) is 8.36. The van der Waals surface area contributed by atoms with E-state index in [0.29, 0.717) is 0 Å². The van der Waals surface area contributed by atoms with Crippen molar-refractivity contribution in [3.05, 3.63) is 0 Å². The first-order chi connectivity index (χ1) is 4.33. The molecule has 8 heteroatoms. The Hall–Kier alpha value is 1.15. The first-order valence-corrected chi connectivity index (χ1v) is 3.87. The molecule has 0 radical (unpaired) electrons. The molecule has 0 rings (SSSR count). The minimum atomic E-state index is -4.27. The number of carboxylic acid groups (broad SMARTS) is 1. The van der Waals surface area contributed by atoms with Crippen molar-refractivity contribution in [2.24, 2.45) is 5.73 Å². The Kier molecular flexibility index (Phi) is 7.64. The van der Waals surface area contributed by atoms with Gasteiger partial charge in [-0.25, -0.2) is 0 Å². The van der Waals surface area contributed by atoms with E-state index >= 15 is 0 Å². The van der Waals surface area contributed by atoms with Crippen LogP contribution in [0, 0.1) is 0 Å². The van der Waals surface area contributed by atoms with E-state index in [9.17, 15) is 13.2 Å². The summed E-state index contributed by atoms with van der Waals surface area (Å²) < 4.78 is 28.0. The fraction of sp³-hybridized carbons (Fsp3) is 0.667. The van der Waals surface area contributed by atoms with Gasteiger partial charge < -0.3 is 12.3 Å². The van der Waals surface area contributed by atoms with Crippen molar-refractivity contribution in [2.45, 2.75) is 6.04 Å². The topological polar surface area (TPSA) is 118 Å².